The summed E-state index contributed by atoms with van der Waals surface area (Å²) < 4.78 is 11.2. The lowest BCUT2D eigenvalue weighted by Crippen LogP contribution is -2.25. The normalized spacial score (nSPS) is 12.7. The van der Waals surface area contributed by atoms with Crippen molar-refractivity contribution in [3.8, 4) is 22.1 Å². The van der Waals surface area contributed by atoms with Crippen molar-refractivity contribution in [2.45, 2.75) is 6.61 Å². The number of thiazole rings is 1. The number of carbonyl (C=O) groups excluding carboxylic acids is 2. The molecular weight excluding hydrogens is 366 g/mol. The van der Waals surface area contributed by atoms with Crippen molar-refractivity contribution in [1.82, 2.24) is 4.98 Å². The van der Waals surface area contributed by atoms with E-state index in [4.69, 9.17) is 15.2 Å². The first kappa shape index (κ1) is 17.0. The summed E-state index contributed by atoms with van der Waals surface area (Å²) in [4.78, 5) is 27.3. The largest absolute Gasteiger partial charge is 0.485 e. The SMILES string of the molecule is NC(=O)c1ccc(-c2nc(COc3cccc4c3NC(=O)CO4)cs2)cc1. The van der Waals surface area contributed by atoms with Crippen molar-refractivity contribution >= 4 is 28.8 Å². The van der Waals surface area contributed by atoms with Gasteiger partial charge in [-0.25, -0.2) is 4.98 Å². The van der Waals surface area contributed by atoms with E-state index < -0.39 is 5.91 Å². The molecule has 0 aliphatic carbocycles. The van der Waals surface area contributed by atoms with Gasteiger partial charge in [0.1, 0.15) is 28.8 Å². The summed E-state index contributed by atoms with van der Waals surface area (Å²) in [5.41, 5.74) is 7.90. The van der Waals surface area contributed by atoms with E-state index in [2.05, 4.69) is 10.3 Å². The molecule has 8 heteroatoms. The van der Waals surface area contributed by atoms with E-state index in [9.17, 15) is 9.59 Å². The predicted molar refractivity (Wildman–Crippen MR) is 101 cm³/mol. The number of hydrogen-bond donors (Lipinski definition) is 2. The first-order chi connectivity index (χ1) is 13.1. The Balaban J connectivity index is 1.48. The number of benzene rings is 2. The summed E-state index contributed by atoms with van der Waals surface area (Å²) in [5.74, 6) is 0.437. The third-order valence-electron chi connectivity index (χ3n) is 3.95. The van der Waals surface area contributed by atoms with E-state index in [1.807, 2.05) is 17.5 Å². The summed E-state index contributed by atoms with van der Waals surface area (Å²) >= 11 is 1.48. The average molecular weight is 381 g/mol. The molecule has 0 atom stereocenters. The summed E-state index contributed by atoms with van der Waals surface area (Å²) in [7, 11) is 0. The minimum absolute atomic E-state index is 0.000439. The fourth-order valence-corrected chi connectivity index (χ4v) is 3.44. The molecule has 2 amide bonds. The number of carbonyl (C=O) groups is 2. The monoisotopic (exact) mass is 381 g/mol. The van der Waals surface area contributed by atoms with Crippen LogP contribution in [0, 0.1) is 0 Å². The number of nitrogens with zero attached hydrogens (tertiary/aromatic N) is 1. The fraction of sp³-hybridized carbons (Fsp3) is 0.105. The van der Waals surface area contributed by atoms with Crippen LogP contribution in [0.5, 0.6) is 11.5 Å². The molecule has 0 unspecified atom stereocenters. The Kier molecular flexibility index (Phi) is 4.47. The van der Waals surface area contributed by atoms with E-state index in [-0.39, 0.29) is 19.1 Å². The van der Waals surface area contributed by atoms with Crippen molar-refractivity contribution in [2.24, 2.45) is 5.73 Å². The van der Waals surface area contributed by atoms with Gasteiger partial charge >= 0.3 is 0 Å². The third kappa shape index (κ3) is 3.61. The number of aromatic nitrogens is 1. The molecule has 0 saturated carbocycles. The number of primary amides is 1. The van der Waals surface area contributed by atoms with Crippen LogP contribution in [0.4, 0.5) is 5.69 Å². The molecule has 0 fully saturated rings. The molecule has 3 N–H and O–H groups in total. The molecule has 27 heavy (non-hydrogen) atoms. The van der Waals surface area contributed by atoms with Crippen LogP contribution < -0.4 is 20.5 Å². The molecule has 0 saturated heterocycles. The maximum atomic E-state index is 11.5. The van der Waals surface area contributed by atoms with E-state index in [0.717, 1.165) is 16.3 Å². The van der Waals surface area contributed by atoms with Crippen LogP contribution in [0.2, 0.25) is 0 Å². The second kappa shape index (κ2) is 7.08. The second-order valence-corrected chi connectivity index (χ2v) is 6.70. The molecule has 3 aromatic rings. The minimum Gasteiger partial charge on any atom is -0.485 e. The highest BCUT2D eigenvalue weighted by molar-refractivity contribution is 7.13. The van der Waals surface area contributed by atoms with Gasteiger partial charge in [-0.1, -0.05) is 18.2 Å². The van der Waals surface area contributed by atoms with Crippen LogP contribution in [-0.4, -0.2) is 23.4 Å². The molecule has 136 valence electrons. The third-order valence-corrected chi connectivity index (χ3v) is 4.90. The Morgan fingerprint density at radius 1 is 1.26 bits per heavy atom. The lowest BCUT2D eigenvalue weighted by molar-refractivity contribution is -0.118. The quantitative estimate of drug-likeness (QED) is 0.707. The molecule has 0 spiro atoms. The zero-order valence-electron chi connectivity index (χ0n) is 14.1. The Morgan fingerprint density at radius 2 is 2.07 bits per heavy atom. The van der Waals surface area contributed by atoms with Gasteiger partial charge in [0.15, 0.2) is 6.61 Å². The number of amides is 2. The molecule has 1 aliphatic rings. The van der Waals surface area contributed by atoms with Crippen LogP contribution in [-0.2, 0) is 11.4 Å². The molecule has 0 bridgehead atoms. The highest BCUT2D eigenvalue weighted by atomic mass is 32.1. The zero-order valence-corrected chi connectivity index (χ0v) is 14.9. The predicted octanol–water partition coefficient (Wildman–Crippen LogP) is 2.82. The molecular formula is C19H15N3O4S. The van der Waals surface area contributed by atoms with Crippen molar-refractivity contribution in [3.63, 3.8) is 0 Å². The molecule has 7 nitrogen and oxygen atoms in total. The standard InChI is InChI=1S/C19H15N3O4S/c20-18(24)11-4-6-12(7-5-11)19-21-13(10-27-19)8-25-14-2-1-3-15-17(14)22-16(23)9-26-15/h1-7,10H,8-9H2,(H2,20,24)(H,22,23). The van der Waals surface area contributed by atoms with Crippen LogP contribution in [0.3, 0.4) is 0 Å². The van der Waals surface area contributed by atoms with Gasteiger partial charge < -0.3 is 20.5 Å². The van der Waals surface area contributed by atoms with E-state index in [0.29, 0.717) is 22.7 Å². The molecule has 0 radical (unpaired) electrons. The highest BCUT2D eigenvalue weighted by Gasteiger charge is 2.20. The van der Waals surface area contributed by atoms with Gasteiger partial charge in [0.05, 0.1) is 5.69 Å². The van der Waals surface area contributed by atoms with Crippen LogP contribution in [0.1, 0.15) is 16.1 Å². The summed E-state index contributed by atoms with van der Waals surface area (Å²) in [6.45, 7) is 0.253. The number of ether oxygens (including phenoxy) is 2. The minimum atomic E-state index is -0.461. The lowest BCUT2D eigenvalue weighted by Gasteiger charge is -2.20. The Bertz CT molecular complexity index is 1010. The van der Waals surface area contributed by atoms with Gasteiger partial charge in [0, 0.05) is 16.5 Å². The molecule has 2 heterocycles. The topological polar surface area (TPSA) is 104 Å². The summed E-state index contributed by atoms with van der Waals surface area (Å²) in [6.07, 6.45) is 0. The van der Waals surface area contributed by atoms with Crippen molar-refractivity contribution < 1.29 is 19.1 Å². The second-order valence-electron chi connectivity index (χ2n) is 5.84. The van der Waals surface area contributed by atoms with Crippen LogP contribution >= 0.6 is 11.3 Å². The van der Waals surface area contributed by atoms with Crippen LogP contribution in [0.25, 0.3) is 10.6 Å². The number of fused-ring (bicyclic) bond motifs is 1. The van der Waals surface area contributed by atoms with E-state index in [1.165, 1.54) is 11.3 Å². The number of nitrogens with one attached hydrogen (secondary N) is 1. The highest BCUT2D eigenvalue weighted by Crippen LogP contribution is 2.37. The van der Waals surface area contributed by atoms with Crippen LogP contribution in [0.15, 0.2) is 47.8 Å². The molecule has 2 aromatic carbocycles. The van der Waals surface area contributed by atoms with Gasteiger partial charge in [-0.2, -0.15) is 0 Å². The summed E-state index contributed by atoms with van der Waals surface area (Å²) in [6, 6.07) is 12.3. The Labute approximate surface area is 158 Å². The van der Waals surface area contributed by atoms with Gasteiger partial charge in [-0.15, -0.1) is 11.3 Å². The fourth-order valence-electron chi connectivity index (χ4n) is 2.63. The number of para-hydroxylation sites is 1. The first-order valence-electron chi connectivity index (χ1n) is 8.13. The number of anilines is 1. The number of rotatable bonds is 5. The van der Waals surface area contributed by atoms with Crippen molar-refractivity contribution in [2.75, 3.05) is 11.9 Å². The zero-order chi connectivity index (χ0) is 18.8. The average Bonchev–Trinajstić information content (AvgIpc) is 3.15. The van der Waals surface area contributed by atoms with E-state index in [1.54, 1.807) is 30.3 Å². The van der Waals surface area contributed by atoms with Gasteiger partial charge in [-0.3, -0.25) is 9.59 Å². The van der Waals surface area contributed by atoms with E-state index >= 15 is 0 Å². The lowest BCUT2D eigenvalue weighted by atomic mass is 10.1. The smallest absolute Gasteiger partial charge is 0.262 e. The summed E-state index contributed by atoms with van der Waals surface area (Å²) in [5, 5.41) is 5.49. The van der Waals surface area contributed by atoms with Crippen molar-refractivity contribution in [3.05, 3.63) is 59.1 Å². The molecule has 1 aliphatic heterocycles. The van der Waals surface area contributed by atoms with Crippen molar-refractivity contribution in [1.29, 1.82) is 0 Å². The number of hydrogen-bond acceptors (Lipinski definition) is 6. The first-order valence-corrected chi connectivity index (χ1v) is 9.01. The molecule has 1 aromatic heterocycles. The maximum Gasteiger partial charge on any atom is 0.262 e. The van der Waals surface area contributed by atoms with Gasteiger partial charge in [0.2, 0.25) is 5.91 Å². The Morgan fingerprint density at radius 3 is 2.85 bits per heavy atom. The Hall–Kier alpha value is -3.39. The van der Waals surface area contributed by atoms with Gasteiger partial charge in [0.25, 0.3) is 5.91 Å². The number of nitrogens with two attached hydrogens (primary N) is 1. The maximum absolute atomic E-state index is 11.5. The molecule has 4 rings (SSSR count). The van der Waals surface area contributed by atoms with Gasteiger partial charge in [-0.05, 0) is 24.3 Å².